The molecule has 4 rings (SSSR count). The minimum Gasteiger partial charge on any atom is -0.338 e. The van der Waals surface area contributed by atoms with Gasteiger partial charge in [0.2, 0.25) is 0 Å². The minimum atomic E-state index is -4.37. The predicted molar refractivity (Wildman–Crippen MR) is 92.6 cm³/mol. The number of carbonyl (C=O) groups is 1. The van der Waals surface area contributed by atoms with E-state index in [-0.39, 0.29) is 5.91 Å². The fourth-order valence-electron chi connectivity index (χ4n) is 3.95. The average Bonchev–Trinajstić information content (AvgIpc) is 3.22. The van der Waals surface area contributed by atoms with Crippen molar-refractivity contribution in [1.29, 1.82) is 0 Å². The Balaban J connectivity index is 1.62. The molecule has 2 aromatic carbocycles. The van der Waals surface area contributed by atoms with Gasteiger partial charge in [-0.15, -0.1) is 0 Å². The Morgan fingerprint density at radius 3 is 2.19 bits per heavy atom. The van der Waals surface area contributed by atoms with Crippen LogP contribution in [0.5, 0.6) is 0 Å². The molecule has 26 heavy (non-hydrogen) atoms. The Morgan fingerprint density at radius 2 is 1.58 bits per heavy atom. The fraction of sp³-hybridized carbons (Fsp3) is 0.350. The van der Waals surface area contributed by atoms with Crippen molar-refractivity contribution in [1.82, 2.24) is 10.2 Å². The zero-order valence-corrected chi connectivity index (χ0v) is 14.1. The zero-order chi connectivity index (χ0) is 18.3. The van der Waals surface area contributed by atoms with Gasteiger partial charge in [-0.25, -0.2) is 0 Å². The third kappa shape index (κ3) is 3.09. The Morgan fingerprint density at radius 1 is 0.962 bits per heavy atom. The molecule has 136 valence electrons. The minimum absolute atomic E-state index is 0.0464. The standard InChI is InChI=1S/C20H19F3N2O/c21-20(22,23)16-7-5-13(6-8-16)17-3-1-2-4-18(17)19(26)25-11-14-9-24-10-15(14)12-25/h1-8,14-15,24H,9-12H2/t14-,15+. The molecule has 3 nitrogen and oxygen atoms in total. The Bertz CT molecular complexity index is 805. The van der Waals surface area contributed by atoms with Gasteiger partial charge in [0, 0.05) is 31.7 Å². The maximum Gasteiger partial charge on any atom is 0.416 e. The first-order valence-corrected chi connectivity index (χ1v) is 8.70. The van der Waals surface area contributed by atoms with E-state index >= 15 is 0 Å². The van der Waals surface area contributed by atoms with Crippen molar-refractivity contribution < 1.29 is 18.0 Å². The molecule has 0 spiro atoms. The summed E-state index contributed by atoms with van der Waals surface area (Å²) < 4.78 is 38.3. The SMILES string of the molecule is O=C(c1ccccc1-c1ccc(C(F)(F)F)cc1)N1C[C@H]2CNC[C@H]2C1. The highest BCUT2D eigenvalue weighted by molar-refractivity contribution is 6.01. The zero-order valence-electron chi connectivity index (χ0n) is 14.1. The van der Waals surface area contributed by atoms with E-state index < -0.39 is 11.7 Å². The third-order valence-electron chi connectivity index (χ3n) is 5.36. The van der Waals surface area contributed by atoms with Crippen LogP contribution in [0.25, 0.3) is 11.1 Å². The number of fused-ring (bicyclic) bond motifs is 1. The largest absolute Gasteiger partial charge is 0.416 e. The van der Waals surface area contributed by atoms with E-state index in [0.717, 1.165) is 38.3 Å². The maximum absolute atomic E-state index is 13.0. The molecule has 0 aromatic heterocycles. The first-order chi connectivity index (χ1) is 12.4. The number of hydrogen-bond acceptors (Lipinski definition) is 2. The van der Waals surface area contributed by atoms with Crippen LogP contribution in [0.15, 0.2) is 48.5 Å². The second-order valence-electron chi connectivity index (χ2n) is 7.01. The summed E-state index contributed by atoms with van der Waals surface area (Å²) in [5, 5.41) is 3.35. The molecule has 2 saturated heterocycles. The molecule has 2 fully saturated rings. The van der Waals surface area contributed by atoms with Gasteiger partial charge in [0.1, 0.15) is 0 Å². The van der Waals surface area contributed by atoms with Crippen molar-refractivity contribution in [3.8, 4) is 11.1 Å². The van der Waals surface area contributed by atoms with E-state index in [9.17, 15) is 18.0 Å². The van der Waals surface area contributed by atoms with E-state index in [1.807, 2.05) is 4.90 Å². The van der Waals surface area contributed by atoms with Gasteiger partial charge in [-0.3, -0.25) is 4.79 Å². The summed E-state index contributed by atoms with van der Waals surface area (Å²) in [6.45, 7) is 3.35. The van der Waals surface area contributed by atoms with Gasteiger partial charge < -0.3 is 10.2 Å². The van der Waals surface area contributed by atoms with Crippen LogP contribution in [0.4, 0.5) is 13.2 Å². The number of nitrogens with zero attached hydrogens (tertiary/aromatic N) is 1. The van der Waals surface area contributed by atoms with Crippen molar-refractivity contribution in [3.05, 3.63) is 59.7 Å². The van der Waals surface area contributed by atoms with Crippen molar-refractivity contribution in [2.75, 3.05) is 26.2 Å². The topological polar surface area (TPSA) is 32.3 Å². The van der Waals surface area contributed by atoms with Crippen LogP contribution in [0, 0.1) is 11.8 Å². The summed E-state index contributed by atoms with van der Waals surface area (Å²) in [6.07, 6.45) is -4.37. The van der Waals surface area contributed by atoms with E-state index in [2.05, 4.69) is 5.32 Å². The molecule has 0 radical (unpaired) electrons. The second-order valence-corrected chi connectivity index (χ2v) is 7.01. The molecule has 1 amide bonds. The smallest absolute Gasteiger partial charge is 0.338 e. The van der Waals surface area contributed by atoms with Crippen molar-refractivity contribution in [2.24, 2.45) is 11.8 Å². The van der Waals surface area contributed by atoms with E-state index in [1.165, 1.54) is 12.1 Å². The van der Waals surface area contributed by atoms with Gasteiger partial charge in [-0.05, 0) is 41.2 Å². The average molecular weight is 360 g/mol. The van der Waals surface area contributed by atoms with Crippen molar-refractivity contribution in [2.45, 2.75) is 6.18 Å². The van der Waals surface area contributed by atoms with Gasteiger partial charge in [0.25, 0.3) is 5.91 Å². The van der Waals surface area contributed by atoms with Crippen LogP contribution >= 0.6 is 0 Å². The molecule has 0 unspecified atom stereocenters. The highest BCUT2D eigenvalue weighted by Gasteiger charge is 2.38. The maximum atomic E-state index is 13.0. The molecule has 2 heterocycles. The highest BCUT2D eigenvalue weighted by atomic mass is 19.4. The molecule has 2 aliphatic heterocycles. The van der Waals surface area contributed by atoms with Crippen LogP contribution in [-0.2, 0) is 6.18 Å². The van der Waals surface area contributed by atoms with Gasteiger partial charge in [0.05, 0.1) is 5.56 Å². The lowest BCUT2D eigenvalue weighted by Crippen LogP contribution is -2.32. The molecule has 2 aliphatic rings. The fourth-order valence-corrected chi connectivity index (χ4v) is 3.95. The normalized spacial score (nSPS) is 22.5. The van der Waals surface area contributed by atoms with Crippen molar-refractivity contribution in [3.63, 3.8) is 0 Å². The Labute approximate surface area is 149 Å². The molecule has 2 aromatic rings. The molecule has 2 atom stereocenters. The summed E-state index contributed by atoms with van der Waals surface area (Å²) in [5.74, 6) is 0.948. The molecular weight excluding hydrogens is 341 g/mol. The van der Waals surface area contributed by atoms with Gasteiger partial charge in [0.15, 0.2) is 0 Å². The number of rotatable bonds is 2. The monoisotopic (exact) mass is 360 g/mol. The van der Waals surface area contributed by atoms with E-state index in [4.69, 9.17) is 0 Å². The molecule has 1 N–H and O–H groups in total. The van der Waals surface area contributed by atoms with Crippen LogP contribution in [-0.4, -0.2) is 37.0 Å². The summed E-state index contributed by atoms with van der Waals surface area (Å²) in [7, 11) is 0. The van der Waals surface area contributed by atoms with Crippen LogP contribution < -0.4 is 5.32 Å². The van der Waals surface area contributed by atoms with Gasteiger partial charge in [-0.1, -0.05) is 30.3 Å². The van der Waals surface area contributed by atoms with Crippen LogP contribution in [0.1, 0.15) is 15.9 Å². The number of alkyl halides is 3. The summed E-state index contributed by atoms with van der Waals surface area (Å²) >= 11 is 0. The number of nitrogens with one attached hydrogen (secondary N) is 1. The molecule has 0 bridgehead atoms. The quantitative estimate of drug-likeness (QED) is 0.886. The van der Waals surface area contributed by atoms with Crippen LogP contribution in [0.2, 0.25) is 0 Å². The van der Waals surface area contributed by atoms with Gasteiger partial charge >= 0.3 is 6.18 Å². The lowest BCUT2D eigenvalue weighted by atomic mass is 9.98. The molecular formula is C20H19F3N2O. The lowest BCUT2D eigenvalue weighted by molar-refractivity contribution is -0.137. The third-order valence-corrected chi connectivity index (χ3v) is 5.36. The van der Waals surface area contributed by atoms with Gasteiger partial charge in [-0.2, -0.15) is 13.2 Å². The second kappa shape index (κ2) is 6.43. The number of halogens is 3. The Kier molecular flexibility index (Phi) is 4.23. The number of amides is 1. The van der Waals surface area contributed by atoms with Crippen molar-refractivity contribution >= 4 is 5.91 Å². The number of benzene rings is 2. The van der Waals surface area contributed by atoms with E-state index in [0.29, 0.717) is 28.5 Å². The molecule has 6 heteroatoms. The number of hydrogen-bond donors (Lipinski definition) is 1. The molecule has 0 saturated carbocycles. The number of carbonyl (C=O) groups excluding carboxylic acids is 1. The predicted octanol–water partition coefficient (Wildman–Crippen LogP) is 3.66. The first kappa shape index (κ1) is 17.1. The highest BCUT2D eigenvalue weighted by Crippen LogP contribution is 2.33. The first-order valence-electron chi connectivity index (χ1n) is 8.70. The summed E-state index contributed by atoms with van der Waals surface area (Å²) in [5.41, 5.74) is 1.13. The molecule has 0 aliphatic carbocycles. The van der Waals surface area contributed by atoms with E-state index in [1.54, 1.807) is 24.3 Å². The number of likely N-dealkylation sites (tertiary alicyclic amines) is 1. The summed E-state index contributed by atoms with van der Waals surface area (Å²) in [6, 6.07) is 12.1. The Hall–Kier alpha value is -2.34. The lowest BCUT2D eigenvalue weighted by Gasteiger charge is -2.19. The van der Waals surface area contributed by atoms with Crippen LogP contribution in [0.3, 0.4) is 0 Å². The summed E-state index contributed by atoms with van der Waals surface area (Å²) in [4.78, 5) is 14.9.